The molecule has 1 unspecified atom stereocenters. The zero-order chi connectivity index (χ0) is 12.1. The van der Waals surface area contributed by atoms with Crippen LogP contribution in [0.3, 0.4) is 0 Å². The molecular weight excluding hydrogens is 210 g/mol. The van der Waals surface area contributed by atoms with Crippen LogP contribution in [0.25, 0.3) is 0 Å². The van der Waals surface area contributed by atoms with E-state index >= 15 is 0 Å². The van der Waals surface area contributed by atoms with Crippen molar-refractivity contribution in [3.8, 4) is 0 Å². The lowest BCUT2D eigenvalue weighted by atomic mass is 9.98. The highest BCUT2D eigenvalue weighted by molar-refractivity contribution is 5.72. The van der Waals surface area contributed by atoms with Gasteiger partial charge in [0.25, 0.3) is 0 Å². The van der Waals surface area contributed by atoms with Crippen molar-refractivity contribution < 1.29 is 19.8 Å². The fourth-order valence-corrected chi connectivity index (χ4v) is 2.43. The van der Waals surface area contributed by atoms with Gasteiger partial charge in [0.2, 0.25) is 0 Å². The summed E-state index contributed by atoms with van der Waals surface area (Å²) in [4.78, 5) is 22.9. The second-order valence-electron chi connectivity index (χ2n) is 4.48. The van der Waals surface area contributed by atoms with Crippen molar-refractivity contribution in [3.63, 3.8) is 0 Å². The average Bonchev–Trinajstić information content (AvgIpc) is 2.66. The van der Waals surface area contributed by atoms with Crippen LogP contribution < -0.4 is 0 Å². The van der Waals surface area contributed by atoms with E-state index in [4.69, 9.17) is 10.2 Å². The predicted octanol–water partition coefficient (Wildman–Crippen LogP) is 1.04. The number of hydrogen-bond donors (Lipinski definition) is 2. The van der Waals surface area contributed by atoms with Crippen LogP contribution in [-0.2, 0) is 9.59 Å². The first-order valence-corrected chi connectivity index (χ1v) is 5.68. The quantitative estimate of drug-likeness (QED) is 0.711. The number of nitrogens with zero attached hydrogens (tertiary/aromatic N) is 1. The normalized spacial score (nSPS) is 18.9. The Bertz CT molecular complexity index is 245. The maximum absolute atomic E-state index is 10.7. The number of carbonyl (C=O) groups is 2. The highest BCUT2D eigenvalue weighted by Crippen LogP contribution is 2.29. The van der Waals surface area contributed by atoms with Crippen molar-refractivity contribution in [3.05, 3.63) is 0 Å². The van der Waals surface area contributed by atoms with Gasteiger partial charge >= 0.3 is 11.9 Å². The minimum absolute atomic E-state index is 0.0368. The molecule has 1 aliphatic rings. The number of aliphatic carboxylic acids is 2. The summed E-state index contributed by atoms with van der Waals surface area (Å²) in [5.74, 6) is -1.49. The molecule has 0 aromatic heterocycles. The van der Waals surface area contributed by atoms with E-state index in [-0.39, 0.29) is 19.1 Å². The highest BCUT2D eigenvalue weighted by Gasteiger charge is 2.28. The Morgan fingerprint density at radius 1 is 1.19 bits per heavy atom. The second kappa shape index (κ2) is 5.84. The van der Waals surface area contributed by atoms with Crippen molar-refractivity contribution in [1.82, 2.24) is 4.90 Å². The molecule has 0 bridgehead atoms. The van der Waals surface area contributed by atoms with Gasteiger partial charge in [0.05, 0.1) is 13.1 Å². The lowest BCUT2D eigenvalue weighted by Crippen LogP contribution is -2.43. The van der Waals surface area contributed by atoms with Crippen LogP contribution in [0, 0.1) is 5.92 Å². The number of rotatable bonds is 6. The van der Waals surface area contributed by atoms with Gasteiger partial charge in [-0.15, -0.1) is 0 Å². The van der Waals surface area contributed by atoms with Gasteiger partial charge < -0.3 is 10.2 Å². The summed E-state index contributed by atoms with van der Waals surface area (Å²) in [6.45, 7) is 1.55. The summed E-state index contributed by atoms with van der Waals surface area (Å²) >= 11 is 0. The van der Waals surface area contributed by atoms with Crippen molar-refractivity contribution in [1.29, 1.82) is 0 Å². The van der Waals surface area contributed by atoms with E-state index in [1.807, 2.05) is 6.92 Å². The summed E-state index contributed by atoms with van der Waals surface area (Å²) in [6.07, 6.45) is 4.50. The zero-order valence-corrected chi connectivity index (χ0v) is 9.56. The molecule has 5 heteroatoms. The molecule has 0 aliphatic heterocycles. The van der Waals surface area contributed by atoms with Crippen LogP contribution in [-0.4, -0.2) is 46.2 Å². The van der Waals surface area contributed by atoms with Gasteiger partial charge in [-0.25, -0.2) is 0 Å². The molecule has 1 saturated carbocycles. The first-order chi connectivity index (χ1) is 7.50. The molecule has 1 fully saturated rings. The third-order valence-corrected chi connectivity index (χ3v) is 3.33. The molecule has 0 heterocycles. The van der Waals surface area contributed by atoms with Gasteiger partial charge in [-0.2, -0.15) is 0 Å². The Hall–Kier alpha value is -1.10. The maximum Gasteiger partial charge on any atom is 0.317 e. The minimum atomic E-state index is -0.967. The van der Waals surface area contributed by atoms with E-state index in [1.54, 1.807) is 4.90 Å². The summed E-state index contributed by atoms with van der Waals surface area (Å²) in [7, 11) is 0. The first-order valence-electron chi connectivity index (χ1n) is 5.68. The summed E-state index contributed by atoms with van der Waals surface area (Å²) in [5, 5.41) is 17.5. The molecule has 2 N–H and O–H groups in total. The molecule has 0 spiro atoms. The van der Waals surface area contributed by atoms with Gasteiger partial charge in [-0.05, 0) is 25.7 Å². The summed E-state index contributed by atoms with van der Waals surface area (Å²) < 4.78 is 0. The summed E-state index contributed by atoms with van der Waals surface area (Å²) in [5.41, 5.74) is 0. The first kappa shape index (κ1) is 13.0. The van der Waals surface area contributed by atoms with E-state index < -0.39 is 11.9 Å². The van der Waals surface area contributed by atoms with Gasteiger partial charge in [-0.3, -0.25) is 14.5 Å². The van der Waals surface area contributed by atoms with E-state index in [0.717, 1.165) is 12.8 Å². The smallest absolute Gasteiger partial charge is 0.317 e. The van der Waals surface area contributed by atoms with Crippen LogP contribution in [0.4, 0.5) is 0 Å². The third-order valence-electron chi connectivity index (χ3n) is 3.33. The lowest BCUT2D eigenvalue weighted by Gasteiger charge is -2.30. The Morgan fingerprint density at radius 3 is 2.00 bits per heavy atom. The number of carboxylic acid groups (broad SMARTS) is 2. The molecular formula is C11H19NO4. The van der Waals surface area contributed by atoms with Crippen LogP contribution in [0.2, 0.25) is 0 Å². The molecule has 92 valence electrons. The zero-order valence-electron chi connectivity index (χ0n) is 9.56. The molecule has 1 atom stereocenters. The standard InChI is InChI=1S/C11H19NO4/c1-8(9-4-2-3-5-9)12(6-10(13)14)7-11(15)16/h8-9H,2-7H2,1H3,(H,13,14)(H,15,16). The molecule has 0 amide bonds. The van der Waals surface area contributed by atoms with E-state index in [0.29, 0.717) is 5.92 Å². The lowest BCUT2D eigenvalue weighted by molar-refractivity contribution is -0.143. The molecule has 0 aromatic rings. The maximum atomic E-state index is 10.7. The molecule has 1 rings (SSSR count). The molecule has 0 aromatic carbocycles. The molecule has 0 saturated heterocycles. The number of hydrogen-bond acceptors (Lipinski definition) is 3. The third kappa shape index (κ3) is 3.81. The van der Waals surface area contributed by atoms with Crippen molar-refractivity contribution in [2.24, 2.45) is 5.92 Å². The van der Waals surface area contributed by atoms with E-state index in [2.05, 4.69) is 0 Å². The SMILES string of the molecule is CC(C1CCCC1)N(CC(=O)O)CC(=O)O. The molecule has 1 aliphatic carbocycles. The molecule has 5 nitrogen and oxygen atoms in total. The fraction of sp³-hybridized carbons (Fsp3) is 0.818. The van der Waals surface area contributed by atoms with Crippen LogP contribution >= 0.6 is 0 Å². The Kier molecular flexibility index (Phi) is 4.73. The predicted molar refractivity (Wildman–Crippen MR) is 58.3 cm³/mol. The van der Waals surface area contributed by atoms with Crippen LogP contribution in [0.1, 0.15) is 32.6 Å². The summed E-state index contributed by atoms with van der Waals surface area (Å²) in [6, 6.07) is 0.0368. The van der Waals surface area contributed by atoms with Crippen molar-refractivity contribution in [2.45, 2.75) is 38.6 Å². The van der Waals surface area contributed by atoms with Gasteiger partial charge in [0, 0.05) is 6.04 Å². The van der Waals surface area contributed by atoms with Gasteiger partial charge in [0.1, 0.15) is 0 Å². The fourth-order valence-electron chi connectivity index (χ4n) is 2.43. The Morgan fingerprint density at radius 2 is 1.62 bits per heavy atom. The van der Waals surface area contributed by atoms with Gasteiger partial charge in [0.15, 0.2) is 0 Å². The minimum Gasteiger partial charge on any atom is -0.480 e. The molecule has 16 heavy (non-hydrogen) atoms. The number of carboxylic acids is 2. The van der Waals surface area contributed by atoms with Crippen molar-refractivity contribution >= 4 is 11.9 Å². The van der Waals surface area contributed by atoms with Crippen LogP contribution in [0.5, 0.6) is 0 Å². The Labute approximate surface area is 95.1 Å². The average molecular weight is 229 g/mol. The largest absolute Gasteiger partial charge is 0.480 e. The Balaban J connectivity index is 2.58. The van der Waals surface area contributed by atoms with E-state index in [1.165, 1.54) is 12.8 Å². The topological polar surface area (TPSA) is 77.8 Å². The van der Waals surface area contributed by atoms with E-state index in [9.17, 15) is 9.59 Å². The second-order valence-corrected chi connectivity index (χ2v) is 4.48. The van der Waals surface area contributed by atoms with Gasteiger partial charge in [-0.1, -0.05) is 12.8 Å². The van der Waals surface area contributed by atoms with Crippen LogP contribution in [0.15, 0.2) is 0 Å². The highest BCUT2D eigenvalue weighted by atomic mass is 16.4. The monoisotopic (exact) mass is 229 g/mol. The van der Waals surface area contributed by atoms with Crippen molar-refractivity contribution in [2.75, 3.05) is 13.1 Å². The molecule has 0 radical (unpaired) electrons.